The van der Waals surface area contributed by atoms with Crippen LogP contribution in [0.4, 0.5) is 0 Å². The average molecular weight is 271 g/mol. The third kappa shape index (κ3) is 2.38. The molecule has 2 atom stereocenters. The fourth-order valence-corrected chi connectivity index (χ4v) is 3.33. The minimum Gasteiger partial charge on any atom is -0.390 e. The highest BCUT2D eigenvalue weighted by Gasteiger charge is 2.32. The van der Waals surface area contributed by atoms with E-state index in [0.29, 0.717) is 6.42 Å². The molecular weight excluding hydrogens is 250 g/mol. The number of aliphatic hydroxyl groups is 1. The fourth-order valence-electron chi connectivity index (χ4n) is 3.33. The highest BCUT2D eigenvalue weighted by molar-refractivity contribution is 5.94. The highest BCUT2D eigenvalue weighted by Crippen LogP contribution is 2.32. The summed E-state index contributed by atoms with van der Waals surface area (Å²) in [6, 6.07) is 7.68. The normalized spacial score (nSPS) is 24.6. The van der Waals surface area contributed by atoms with Crippen LogP contribution in [0.2, 0.25) is 0 Å². The Morgan fingerprint density at radius 3 is 2.70 bits per heavy atom. The lowest BCUT2D eigenvalue weighted by Gasteiger charge is -2.19. The molecule has 1 amide bonds. The molecule has 0 heterocycles. The maximum Gasteiger partial charge on any atom is 0.247 e. The van der Waals surface area contributed by atoms with Crippen molar-refractivity contribution in [3.8, 4) is 0 Å². The molecule has 1 aromatic carbocycles. The summed E-state index contributed by atoms with van der Waals surface area (Å²) in [5.41, 5.74) is 4.32. The van der Waals surface area contributed by atoms with Crippen molar-refractivity contribution in [3.05, 3.63) is 46.5 Å². The van der Waals surface area contributed by atoms with Crippen LogP contribution in [0.5, 0.6) is 0 Å². The third-order valence-corrected chi connectivity index (χ3v) is 4.57. The Morgan fingerprint density at radius 2 is 1.95 bits per heavy atom. The van der Waals surface area contributed by atoms with E-state index in [0.717, 1.165) is 29.5 Å². The Morgan fingerprint density at radius 1 is 1.25 bits per heavy atom. The summed E-state index contributed by atoms with van der Waals surface area (Å²) in [6.07, 6.45) is 4.57. The number of aliphatic hydroxyl groups excluding tert-OH is 1. The van der Waals surface area contributed by atoms with Gasteiger partial charge in [0.1, 0.15) is 0 Å². The Kier molecular flexibility index (Phi) is 3.62. The van der Waals surface area contributed by atoms with Gasteiger partial charge in [0.2, 0.25) is 5.91 Å². The summed E-state index contributed by atoms with van der Waals surface area (Å²) in [4.78, 5) is 12.4. The predicted octanol–water partition coefficient (Wildman–Crippen LogP) is 2.65. The number of nitrogens with one attached hydrogen (secondary N) is 1. The molecule has 3 rings (SSSR count). The van der Waals surface area contributed by atoms with Gasteiger partial charge >= 0.3 is 0 Å². The number of hydrogen-bond acceptors (Lipinski definition) is 2. The first-order chi connectivity index (χ1) is 9.66. The standard InChI is InChI=1S/C17H21NO2/c1-11(12-6-2-3-7-12)17(20)18-16-14-9-5-4-8-13(14)10-15(16)19/h4-5,8-9,15-16,19H,2-3,6-7,10H2,1H3,(H,18,20). The number of benzene rings is 1. The van der Waals surface area contributed by atoms with Crippen LogP contribution in [0.15, 0.2) is 35.4 Å². The van der Waals surface area contributed by atoms with E-state index in [1.165, 1.54) is 18.4 Å². The molecule has 2 N–H and O–H groups in total. The molecule has 0 radical (unpaired) electrons. The molecule has 0 spiro atoms. The molecule has 20 heavy (non-hydrogen) atoms. The van der Waals surface area contributed by atoms with Gasteiger partial charge in [-0.25, -0.2) is 0 Å². The van der Waals surface area contributed by atoms with Crippen LogP contribution >= 0.6 is 0 Å². The van der Waals surface area contributed by atoms with Gasteiger partial charge in [-0.05, 0) is 43.7 Å². The number of carbonyl (C=O) groups excluding carboxylic acids is 1. The van der Waals surface area contributed by atoms with Crippen molar-refractivity contribution >= 4 is 5.91 Å². The molecular formula is C17H21NO2. The van der Waals surface area contributed by atoms with Gasteiger partial charge in [-0.15, -0.1) is 0 Å². The van der Waals surface area contributed by atoms with Crippen LogP contribution in [0, 0.1) is 0 Å². The quantitative estimate of drug-likeness (QED) is 0.812. The van der Waals surface area contributed by atoms with Crippen LogP contribution in [0.1, 0.15) is 49.8 Å². The molecule has 0 aliphatic heterocycles. The van der Waals surface area contributed by atoms with Crippen LogP contribution in [0.25, 0.3) is 0 Å². The molecule has 3 nitrogen and oxygen atoms in total. The second-order valence-electron chi connectivity index (χ2n) is 5.86. The molecule has 2 aliphatic rings. The summed E-state index contributed by atoms with van der Waals surface area (Å²) in [7, 11) is 0. The van der Waals surface area contributed by atoms with Gasteiger partial charge < -0.3 is 10.4 Å². The molecule has 0 bridgehead atoms. The molecule has 106 valence electrons. The Labute approximate surface area is 119 Å². The second kappa shape index (κ2) is 5.41. The maximum atomic E-state index is 12.4. The molecule has 2 unspecified atom stereocenters. The summed E-state index contributed by atoms with van der Waals surface area (Å²) >= 11 is 0. The topological polar surface area (TPSA) is 49.3 Å². The van der Waals surface area contributed by atoms with E-state index in [9.17, 15) is 9.90 Å². The molecule has 2 aliphatic carbocycles. The molecule has 3 heteroatoms. The van der Waals surface area contributed by atoms with Crippen molar-refractivity contribution < 1.29 is 9.90 Å². The van der Waals surface area contributed by atoms with Crippen LogP contribution in [-0.4, -0.2) is 17.1 Å². The second-order valence-corrected chi connectivity index (χ2v) is 5.86. The lowest BCUT2D eigenvalue weighted by Crippen LogP contribution is -2.34. The van der Waals surface area contributed by atoms with Crippen molar-refractivity contribution in [2.75, 3.05) is 0 Å². The van der Waals surface area contributed by atoms with Gasteiger partial charge in [0.05, 0.1) is 12.1 Å². The SMILES string of the molecule is CC(C(=O)NC1c2ccccc2CC1O)=C1CCCC1. The van der Waals surface area contributed by atoms with Crippen molar-refractivity contribution in [2.45, 2.75) is 51.2 Å². The zero-order valence-corrected chi connectivity index (χ0v) is 11.9. The Balaban J connectivity index is 1.78. The monoisotopic (exact) mass is 271 g/mol. The number of carbonyl (C=O) groups is 1. The first-order valence-corrected chi connectivity index (χ1v) is 7.42. The smallest absolute Gasteiger partial charge is 0.247 e. The van der Waals surface area contributed by atoms with Gasteiger partial charge in [0, 0.05) is 12.0 Å². The van der Waals surface area contributed by atoms with E-state index < -0.39 is 6.10 Å². The summed E-state index contributed by atoms with van der Waals surface area (Å²) in [5, 5.41) is 13.2. The van der Waals surface area contributed by atoms with E-state index in [1.807, 2.05) is 31.2 Å². The first-order valence-electron chi connectivity index (χ1n) is 7.42. The summed E-state index contributed by atoms with van der Waals surface area (Å²) in [5.74, 6) is -0.0253. The van der Waals surface area contributed by atoms with Crippen molar-refractivity contribution in [1.82, 2.24) is 5.32 Å². The van der Waals surface area contributed by atoms with E-state index in [-0.39, 0.29) is 11.9 Å². The number of rotatable bonds is 2. The maximum absolute atomic E-state index is 12.4. The third-order valence-electron chi connectivity index (χ3n) is 4.57. The van der Waals surface area contributed by atoms with Crippen LogP contribution in [0.3, 0.4) is 0 Å². The molecule has 1 saturated carbocycles. The van der Waals surface area contributed by atoms with Gasteiger partial charge in [0.15, 0.2) is 0 Å². The highest BCUT2D eigenvalue weighted by atomic mass is 16.3. The van der Waals surface area contributed by atoms with E-state index in [4.69, 9.17) is 0 Å². The van der Waals surface area contributed by atoms with Gasteiger partial charge in [-0.3, -0.25) is 4.79 Å². The molecule has 0 saturated heterocycles. The van der Waals surface area contributed by atoms with Gasteiger partial charge in [-0.2, -0.15) is 0 Å². The Hall–Kier alpha value is -1.61. The first kappa shape index (κ1) is 13.4. The van der Waals surface area contributed by atoms with E-state index >= 15 is 0 Å². The number of fused-ring (bicyclic) bond motifs is 1. The van der Waals surface area contributed by atoms with Crippen molar-refractivity contribution in [1.29, 1.82) is 0 Å². The number of amides is 1. The zero-order chi connectivity index (χ0) is 14.1. The van der Waals surface area contributed by atoms with Crippen LogP contribution < -0.4 is 5.32 Å². The van der Waals surface area contributed by atoms with Crippen LogP contribution in [-0.2, 0) is 11.2 Å². The van der Waals surface area contributed by atoms with Crippen molar-refractivity contribution in [2.24, 2.45) is 0 Å². The number of allylic oxidation sites excluding steroid dienone is 1. The number of hydrogen-bond donors (Lipinski definition) is 2. The largest absolute Gasteiger partial charge is 0.390 e. The molecule has 0 aromatic heterocycles. The molecule has 1 aromatic rings. The predicted molar refractivity (Wildman–Crippen MR) is 78.2 cm³/mol. The summed E-state index contributed by atoms with van der Waals surface area (Å²) in [6.45, 7) is 1.91. The lowest BCUT2D eigenvalue weighted by atomic mass is 10.0. The van der Waals surface area contributed by atoms with E-state index in [1.54, 1.807) is 0 Å². The summed E-state index contributed by atoms with van der Waals surface area (Å²) < 4.78 is 0. The average Bonchev–Trinajstić information content (AvgIpc) is 3.07. The lowest BCUT2D eigenvalue weighted by molar-refractivity contribution is -0.119. The molecule has 1 fully saturated rings. The van der Waals surface area contributed by atoms with Gasteiger partial charge in [0.25, 0.3) is 0 Å². The minimum absolute atomic E-state index is 0.0253. The van der Waals surface area contributed by atoms with Gasteiger partial charge in [-0.1, -0.05) is 29.8 Å². The minimum atomic E-state index is -0.516. The zero-order valence-electron chi connectivity index (χ0n) is 11.9. The van der Waals surface area contributed by atoms with Crippen molar-refractivity contribution in [3.63, 3.8) is 0 Å². The fraction of sp³-hybridized carbons (Fsp3) is 0.471. The van der Waals surface area contributed by atoms with E-state index in [2.05, 4.69) is 5.32 Å². The Bertz CT molecular complexity index is 554.